The van der Waals surface area contributed by atoms with E-state index in [1.54, 1.807) is 6.07 Å². The van der Waals surface area contributed by atoms with Crippen LogP contribution in [0.4, 0.5) is 0 Å². The van der Waals surface area contributed by atoms with E-state index in [4.69, 9.17) is 11.6 Å². The molecule has 0 aliphatic heterocycles. The van der Waals surface area contributed by atoms with Gasteiger partial charge in [0.2, 0.25) is 0 Å². The Morgan fingerprint density at radius 1 is 1.27 bits per heavy atom. The second-order valence-electron chi connectivity index (χ2n) is 1.70. The quantitative estimate of drug-likeness (QED) is 0.651. The molecule has 0 saturated heterocycles. The average molecular weight is 173 g/mol. The van der Waals surface area contributed by atoms with Crippen molar-refractivity contribution in [2.75, 3.05) is 0 Å². The highest BCUT2D eigenvalue weighted by Gasteiger charge is 1.89. The molecule has 62 valence electrons. The van der Waals surface area contributed by atoms with Gasteiger partial charge in [-0.2, -0.15) is 5.10 Å². The molecule has 2 nitrogen and oxygen atoms in total. The highest BCUT2D eigenvalue weighted by atomic mass is 35.5. The van der Waals surface area contributed by atoms with Crippen molar-refractivity contribution < 1.29 is 0 Å². The van der Waals surface area contributed by atoms with Crippen molar-refractivity contribution in [1.29, 1.82) is 0 Å². The summed E-state index contributed by atoms with van der Waals surface area (Å²) in [6.07, 6.45) is 0.907. The summed E-state index contributed by atoms with van der Waals surface area (Å²) in [5.41, 5.74) is 0.972. The van der Waals surface area contributed by atoms with Gasteiger partial charge in [0.15, 0.2) is 5.15 Å². The van der Waals surface area contributed by atoms with Crippen molar-refractivity contribution in [2.24, 2.45) is 0 Å². The molecule has 0 amide bonds. The van der Waals surface area contributed by atoms with Crippen LogP contribution >= 0.6 is 11.6 Å². The Morgan fingerprint density at radius 2 is 1.91 bits per heavy atom. The van der Waals surface area contributed by atoms with Gasteiger partial charge < -0.3 is 0 Å². The zero-order valence-corrected chi connectivity index (χ0v) is 7.89. The molecule has 1 rings (SSSR count). The number of rotatable bonds is 1. The van der Waals surface area contributed by atoms with Crippen LogP contribution in [0, 0.1) is 0 Å². The first-order valence-electron chi connectivity index (χ1n) is 3.81. The smallest absolute Gasteiger partial charge is 0.151 e. The van der Waals surface area contributed by atoms with Gasteiger partial charge in [-0.25, -0.2) is 0 Å². The van der Waals surface area contributed by atoms with E-state index in [1.807, 2.05) is 26.8 Å². The van der Waals surface area contributed by atoms with Crippen LogP contribution in [-0.4, -0.2) is 10.2 Å². The van der Waals surface area contributed by atoms with Crippen molar-refractivity contribution in [3.05, 3.63) is 23.0 Å². The monoisotopic (exact) mass is 172 g/mol. The fourth-order valence-electron chi connectivity index (χ4n) is 0.532. The van der Waals surface area contributed by atoms with Gasteiger partial charge >= 0.3 is 0 Å². The van der Waals surface area contributed by atoms with Crippen molar-refractivity contribution >= 4 is 11.6 Å². The molecule has 0 spiro atoms. The minimum Gasteiger partial charge on any atom is -0.154 e. The number of aromatic nitrogens is 2. The van der Waals surface area contributed by atoms with E-state index in [-0.39, 0.29) is 0 Å². The third-order valence-corrected chi connectivity index (χ3v) is 1.25. The summed E-state index contributed by atoms with van der Waals surface area (Å²) in [5, 5.41) is 7.93. The second kappa shape index (κ2) is 6.10. The van der Waals surface area contributed by atoms with Crippen molar-refractivity contribution in [2.45, 2.75) is 27.2 Å². The molecule has 1 aromatic heterocycles. The zero-order valence-electron chi connectivity index (χ0n) is 7.13. The average Bonchev–Trinajstić information content (AvgIpc) is 2.10. The first kappa shape index (κ1) is 10.4. The Bertz CT molecular complexity index is 184. The van der Waals surface area contributed by atoms with E-state index in [1.165, 1.54) is 0 Å². The standard InChI is InChI=1S/C6H7ClN2.C2H6/c1-2-5-3-4-6(7)9-8-5;1-2/h3-4H,2H2,1H3;1-2H3. The van der Waals surface area contributed by atoms with Gasteiger partial charge in [-0.15, -0.1) is 5.10 Å². The Hall–Kier alpha value is -0.630. The molecule has 0 bridgehead atoms. The molecule has 0 fully saturated rings. The summed E-state index contributed by atoms with van der Waals surface area (Å²) in [6, 6.07) is 3.61. The van der Waals surface area contributed by atoms with Gasteiger partial charge in [-0.3, -0.25) is 0 Å². The maximum Gasteiger partial charge on any atom is 0.151 e. The Balaban J connectivity index is 0.000000461. The molecule has 3 heteroatoms. The number of hydrogen-bond donors (Lipinski definition) is 0. The van der Waals surface area contributed by atoms with Crippen LogP contribution in [0.2, 0.25) is 5.15 Å². The highest BCUT2D eigenvalue weighted by molar-refractivity contribution is 6.29. The maximum atomic E-state index is 5.50. The Morgan fingerprint density at radius 3 is 2.27 bits per heavy atom. The van der Waals surface area contributed by atoms with Gasteiger partial charge in [0.25, 0.3) is 0 Å². The van der Waals surface area contributed by atoms with Crippen LogP contribution in [0.15, 0.2) is 12.1 Å². The lowest BCUT2D eigenvalue weighted by atomic mass is 10.3. The van der Waals surface area contributed by atoms with Crippen LogP contribution < -0.4 is 0 Å². The molecule has 1 aromatic rings. The Kier molecular flexibility index (Phi) is 5.75. The van der Waals surface area contributed by atoms with Crippen LogP contribution in [0.1, 0.15) is 26.5 Å². The molecule has 1 heterocycles. The first-order valence-corrected chi connectivity index (χ1v) is 4.19. The number of aryl methyl sites for hydroxylation is 1. The molecule has 0 aliphatic carbocycles. The summed E-state index contributed by atoms with van der Waals surface area (Å²) in [5.74, 6) is 0. The van der Waals surface area contributed by atoms with Crippen LogP contribution in [0.5, 0.6) is 0 Å². The summed E-state index contributed by atoms with van der Waals surface area (Å²) >= 11 is 5.50. The van der Waals surface area contributed by atoms with Crippen LogP contribution in [0.25, 0.3) is 0 Å². The van der Waals surface area contributed by atoms with E-state index in [0.29, 0.717) is 5.15 Å². The molecule has 0 aromatic carbocycles. The van der Waals surface area contributed by atoms with Crippen LogP contribution in [0.3, 0.4) is 0 Å². The van der Waals surface area contributed by atoms with Crippen LogP contribution in [-0.2, 0) is 6.42 Å². The van der Waals surface area contributed by atoms with Gasteiger partial charge in [-0.05, 0) is 18.6 Å². The minimum atomic E-state index is 0.451. The third-order valence-electron chi connectivity index (χ3n) is 1.05. The lowest BCUT2D eigenvalue weighted by molar-refractivity contribution is 0.919. The summed E-state index contributed by atoms with van der Waals surface area (Å²) in [6.45, 7) is 6.03. The number of nitrogens with zero attached hydrogens (tertiary/aromatic N) is 2. The summed E-state index contributed by atoms with van der Waals surface area (Å²) in [4.78, 5) is 0. The first-order chi connectivity index (χ1) is 5.33. The normalized spacial score (nSPS) is 8.36. The highest BCUT2D eigenvalue weighted by Crippen LogP contribution is 2.01. The molecular weight excluding hydrogens is 160 g/mol. The maximum absolute atomic E-state index is 5.50. The predicted molar refractivity (Wildman–Crippen MR) is 47.8 cm³/mol. The lowest BCUT2D eigenvalue weighted by Crippen LogP contribution is -1.88. The molecular formula is C8H13ClN2. The minimum absolute atomic E-state index is 0.451. The predicted octanol–water partition coefficient (Wildman–Crippen LogP) is 2.72. The third kappa shape index (κ3) is 3.94. The topological polar surface area (TPSA) is 25.8 Å². The van der Waals surface area contributed by atoms with Crippen molar-refractivity contribution in [3.63, 3.8) is 0 Å². The van der Waals surface area contributed by atoms with E-state index in [9.17, 15) is 0 Å². The fraction of sp³-hybridized carbons (Fsp3) is 0.500. The summed E-state index contributed by atoms with van der Waals surface area (Å²) in [7, 11) is 0. The van der Waals surface area contributed by atoms with E-state index in [2.05, 4.69) is 10.2 Å². The SMILES string of the molecule is CC.CCc1ccc(Cl)nn1. The van der Waals surface area contributed by atoms with E-state index in [0.717, 1.165) is 12.1 Å². The van der Waals surface area contributed by atoms with Gasteiger partial charge in [0.1, 0.15) is 0 Å². The molecule has 0 aliphatic rings. The number of hydrogen-bond acceptors (Lipinski definition) is 2. The van der Waals surface area contributed by atoms with Crippen molar-refractivity contribution in [3.8, 4) is 0 Å². The van der Waals surface area contributed by atoms with Gasteiger partial charge in [0.05, 0.1) is 5.69 Å². The largest absolute Gasteiger partial charge is 0.154 e. The van der Waals surface area contributed by atoms with Gasteiger partial charge in [0, 0.05) is 0 Å². The Labute approximate surface area is 72.6 Å². The fourth-order valence-corrected chi connectivity index (χ4v) is 0.633. The van der Waals surface area contributed by atoms with E-state index >= 15 is 0 Å². The molecule has 0 saturated carbocycles. The molecule has 0 unspecified atom stereocenters. The lowest BCUT2D eigenvalue weighted by Gasteiger charge is -1.90. The second-order valence-corrected chi connectivity index (χ2v) is 2.09. The van der Waals surface area contributed by atoms with E-state index < -0.39 is 0 Å². The molecule has 0 N–H and O–H groups in total. The molecule has 0 radical (unpaired) electrons. The molecule has 0 atom stereocenters. The zero-order chi connectivity index (χ0) is 8.69. The van der Waals surface area contributed by atoms with Crippen molar-refractivity contribution in [1.82, 2.24) is 10.2 Å². The molecule has 11 heavy (non-hydrogen) atoms. The summed E-state index contributed by atoms with van der Waals surface area (Å²) < 4.78 is 0. The number of halogens is 1. The van der Waals surface area contributed by atoms with Gasteiger partial charge in [-0.1, -0.05) is 32.4 Å².